The predicted octanol–water partition coefficient (Wildman–Crippen LogP) is 16.1. The largest absolute Gasteiger partial charge is 1.00 e. The van der Waals surface area contributed by atoms with Gasteiger partial charge in [-0.05, 0) is 205 Å². The molecule has 0 amide bonds. The van der Waals surface area contributed by atoms with Gasteiger partial charge in [-0.1, -0.05) is 427 Å². The lowest BCUT2D eigenvalue weighted by atomic mass is 10.1. The highest BCUT2D eigenvalue weighted by Gasteiger charge is 2.33. The van der Waals surface area contributed by atoms with Crippen molar-refractivity contribution in [3.8, 4) is 0 Å². The topological polar surface area (TPSA) is 0 Å². The van der Waals surface area contributed by atoms with Crippen LogP contribution in [0.2, 0.25) is 0 Å². The van der Waals surface area contributed by atoms with Crippen molar-refractivity contribution in [3.63, 3.8) is 0 Å². The molecule has 0 aromatic heterocycles. The van der Waals surface area contributed by atoms with Gasteiger partial charge in [0.05, 0.1) is 209 Å². The van der Waals surface area contributed by atoms with Crippen molar-refractivity contribution in [3.05, 3.63) is 0 Å². The lowest BCUT2D eigenvalue weighted by molar-refractivity contribution is -0.929. The Bertz CT molecular complexity index is 1410. The standard InChI is InChI=1S/8C16H36N.8FH/c8*1-5-9-13-17(14-10-6-2,15-11-7-3)16-12-8-4;;;;;;;;/h8*5-16H2,1-4H3;8*1H/q8*+1;;;;;;;;/p-8. The first-order valence-electron chi connectivity index (χ1n) is 64.7. The molecule has 0 aliphatic rings. The molecule has 8 nitrogen and oxygen atoms in total. The van der Waals surface area contributed by atoms with E-state index >= 15 is 0 Å². The van der Waals surface area contributed by atoms with Crippen LogP contribution in [-0.4, -0.2) is 245 Å². The van der Waals surface area contributed by atoms with Gasteiger partial charge in [-0.2, -0.15) is 0 Å². The summed E-state index contributed by atoms with van der Waals surface area (Å²) in [5.74, 6) is 0. The molecule has 0 rings (SSSR count). The maximum atomic E-state index is 2.33. The fourth-order valence-corrected chi connectivity index (χ4v) is 21.2. The van der Waals surface area contributed by atoms with Crippen LogP contribution in [0.5, 0.6) is 0 Å². The first-order chi connectivity index (χ1) is 65.9. The van der Waals surface area contributed by atoms with E-state index in [0.29, 0.717) is 0 Å². The Labute approximate surface area is 910 Å². The van der Waals surface area contributed by atoms with Crippen molar-refractivity contribution in [2.75, 3.05) is 209 Å². The number of unbranched alkanes of at least 4 members (excludes halogenated alkanes) is 32. The van der Waals surface area contributed by atoms with Gasteiger partial charge in [0.2, 0.25) is 0 Å². The molecule has 0 atom stereocenters. The Morgan fingerprint density at radius 3 is 0.111 bits per heavy atom. The summed E-state index contributed by atoms with van der Waals surface area (Å²) in [5, 5.41) is 0. The van der Waals surface area contributed by atoms with Crippen molar-refractivity contribution in [1.29, 1.82) is 0 Å². The number of nitrogens with zero attached hydrogens (tertiary/aromatic N) is 8. The van der Waals surface area contributed by atoms with Crippen molar-refractivity contribution in [2.24, 2.45) is 0 Å². The molecule has 0 spiro atoms. The second-order valence-corrected chi connectivity index (χ2v) is 45.2. The zero-order chi connectivity index (χ0) is 104. The van der Waals surface area contributed by atoms with E-state index in [9.17, 15) is 0 Å². The molecule has 0 saturated carbocycles. The van der Waals surface area contributed by atoms with Crippen LogP contribution in [0, 0.1) is 0 Å². The predicted molar refractivity (Wildman–Crippen MR) is 635 cm³/mol. The summed E-state index contributed by atoms with van der Waals surface area (Å²) in [4.78, 5) is 0. The second-order valence-electron chi connectivity index (χ2n) is 45.2. The molecule has 0 bridgehead atoms. The maximum absolute atomic E-state index is 2.33. The van der Waals surface area contributed by atoms with Crippen LogP contribution in [0.25, 0.3) is 0 Å². The summed E-state index contributed by atoms with van der Waals surface area (Å²) in [6, 6.07) is 0. The van der Waals surface area contributed by atoms with Gasteiger partial charge in [-0.25, -0.2) is 0 Å². The lowest BCUT2D eigenvalue weighted by Crippen LogP contribution is -3.00. The van der Waals surface area contributed by atoms with Crippen LogP contribution in [0.4, 0.5) is 0 Å². The Hall–Kier alpha value is -0.880. The summed E-state index contributed by atoms with van der Waals surface area (Å²) in [6.45, 7) is 120. The Kier molecular flexibility index (Phi) is 172. The number of hydrogen-bond donors (Lipinski definition) is 0. The molecule has 0 N–H and O–H groups in total. The third-order valence-corrected chi connectivity index (χ3v) is 31.6. The highest BCUT2D eigenvalue weighted by molar-refractivity contribution is 4.59. The fraction of sp³-hybridized carbons (Fsp3) is 1.00. The molecule has 0 aromatic rings. The molecule has 0 radical (unpaired) electrons. The van der Waals surface area contributed by atoms with Crippen molar-refractivity contribution in [1.82, 2.24) is 0 Å². The summed E-state index contributed by atoms with van der Waals surface area (Å²) >= 11 is 0. The monoisotopic (exact) mass is 2090 g/mol. The second kappa shape index (κ2) is 138. The van der Waals surface area contributed by atoms with E-state index in [2.05, 4.69) is 222 Å². The number of hydrogen-bond acceptors (Lipinski definition) is 0. The summed E-state index contributed by atoms with van der Waals surface area (Å²) in [7, 11) is 0. The molecule has 0 aromatic carbocycles. The van der Waals surface area contributed by atoms with E-state index < -0.39 is 0 Å². The third kappa shape index (κ3) is 109. The summed E-state index contributed by atoms with van der Waals surface area (Å²) in [5.41, 5.74) is 0. The molecule has 896 valence electrons. The average Bonchev–Trinajstić information content (AvgIpc) is 0.924. The van der Waals surface area contributed by atoms with Gasteiger partial charge in [0.15, 0.2) is 0 Å². The van der Waals surface area contributed by atoms with Gasteiger partial charge in [0.1, 0.15) is 0 Å². The minimum Gasteiger partial charge on any atom is -1.00 e. The van der Waals surface area contributed by atoms with E-state index in [1.54, 1.807) is 0 Å². The number of quaternary nitrogens is 8. The lowest BCUT2D eigenvalue weighted by Gasteiger charge is -2.39. The first-order valence-corrected chi connectivity index (χ1v) is 64.7. The van der Waals surface area contributed by atoms with Crippen LogP contribution in [0.1, 0.15) is 632 Å². The van der Waals surface area contributed by atoms with Gasteiger partial charge >= 0.3 is 0 Å². The van der Waals surface area contributed by atoms with Crippen molar-refractivity contribution in [2.45, 2.75) is 632 Å². The SMILES string of the molecule is CCCC[N+](CCCC)(CCCC)CCCC.CCCC[N+](CCCC)(CCCC)CCCC.CCCC[N+](CCCC)(CCCC)CCCC.CCCC[N+](CCCC)(CCCC)CCCC.CCCC[N+](CCCC)(CCCC)CCCC.CCCC[N+](CCCC)(CCCC)CCCC.CCCC[N+](CCCC)(CCCC)CCCC.CCCC[N+](CCCC)(CCCC)CCCC.[F-].[F-].[F-].[F-].[F-].[F-].[F-].[F-]. The molecule has 0 aliphatic heterocycles. The molecule has 144 heavy (non-hydrogen) atoms. The number of halogens is 8. The fourth-order valence-electron chi connectivity index (χ4n) is 21.2. The molecule has 0 unspecified atom stereocenters. The summed E-state index contributed by atoms with van der Waals surface area (Å²) < 4.78 is 11.4. The minimum atomic E-state index is 0. The van der Waals surface area contributed by atoms with Crippen LogP contribution in [-0.2, 0) is 0 Å². The summed E-state index contributed by atoms with van der Waals surface area (Å²) in [6.07, 6.45) is 88.5. The Morgan fingerprint density at radius 2 is 0.0903 bits per heavy atom. The molecule has 0 saturated heterocycles. The van der Waals surface area contributed by atoms with Crippen LogP contribution >= 0.6 is 0 Å². The van der Waals surface area contributed by atoms with Crippen molar-refractivity contribution >= 4 is 0 Å². The molecule has 0 aliphatic carbocycles. The van der Waals surface area contributed by atoms with E-state index in [-0.39, 0.29) is 37.6 Å². The molecule has 16 heteroatoms. The Morgan fingerprint density at radius 1 is 0.0625 bits per heavy atom. The maximum Gasteiger partial charge on any atom is 0.0786 e. The van der Waals surface area contributed by atoms with Crippen LogP contribution in [0.15, 0.2) is 0 Å². The quantitative estimate of drug-likeness (QED) is 0.0421. The molecular weight excluding hydrogens is 1800 g/mol. The van der Waals surface area contributed by atoms with Gasteiger partial charge in [0, 0.05) is 0 Å². The highest BCUT2D eigenvalue weighted by atomic mass is 19.0. The van der Waals surface area contributed by atoms with Crippen molar-refractivity contribution < 1.29 is 73.5 Å². The van der Waals surface area contributed by atoms with E-state index in [1.165, 1.54) is 656 Å². The van der Waals surface area contributed by atoms with E-state index in [0.717, 1.165) is 0 Å². The highest BCUT2D eigenvalue weighted by Crippen LogP contribution is 2.26. The van der Waals surface area contributed by atoms with Gasteiger partial charge in [-0.3, -0.25) is 0 Å². The molecule has 0 heterocycles. The van der Waals surface area contributed by atoms with Gasteiger partial charge in [-0.15, -0.1) is 0 Å². The zero-order valence-corrected chi connectivity index (χ0v) is 106. The van der Waals surface area contributed by atoms with Crippen LogP contribution in [0.3, 0.4) is 0 Å². The van der Waals surface area contributed by atoms with Crippen LogP contribution < -0.4 is 37.6 Å². The normalized spacial score (nSPS) is 11.3. The third-order valence-electron chi connectivity index (χ3n) is 31.6. The van der Waals surface area contributed by atoms with Gasteiger partial charge < -0.3 is 73.5 Å². The zero-order valence-electron chi connectivity index (χ0n) is 106. The smallest absolute Gasteiger partial charge is 0.0786 e. The number of rotatable bonds is 96. The average molecular weight is 2090 g/mol. The van der Waals surface area contributed by atoms with Gasteiger partial charge in [0.25, 0.3) is 0 Å². The molecular formula is C128H288F8N8. The molecule has 0 fully saturated rings. The van der Waals surface area contributed by atoms with E-state index in [4.69, 9.17) is 0 Å². The first kappa shape index (κ1) is 179. The minimum absolute atomic E-state index is 0. The van der Waals surface area contributed by atoms with E-state index in [1.807, 2.05) is 0 Å². The Balaban J connectivity index is -0.0000000921.